The first-order valence-corrected chi connectivity index (χ1v) is 8.96. The van der Waals surface area contributed by atoms with E-state index in [2.05, 4.69) is 10.1 Å². The van der Waals surface area contributed by atoms with Gasteiger partial charge in [0.15, 0.2) is 0 Å². The monoisotopic (exact) mass is 345 g/mol. The number of carbonyl (C=O) groups excluding carboxylic acids is 1. The standard InChI is InChI=1S/C20H19N5O/c26-20(15-12-21-25-11-4-3-9-18(15)25)24-10-5-6-14(13-24)19-22-16-7-1-2-8-17(16)23-19/h1-4,7-9,11-12,14H,5-6,10,13H2,(H,22,23). The molecule has 3 aromatic heterocycles. The van der Waals surface area contributed by atoms with Gasteiger partial charge < -0.3 is 9.88 Å². The van der Waals surface area contributed by atoms with Gasteiger partial charge in [-0.15, -0.1) is 0 Å². The number of para-hydroxylation sites is 2. The van der Waals surface area contributed by atoms with E-state index >= 15 is 0 Å². The van der Waals surface area contributed by atoms with Crippen LogP contribution in [0.1, 0.15) is 34.9 Å². The minimum atomic E-state index is 0.0482. The van der Waals surface area contributed by atoms with Gasteiger partial charge in [0.2, 0.25) is 0 Å². The number of carbonyl (C=O) groups is 1. The number of piperidine rings is 1. The Morgan fingerprint density at radius 2 is 2.04 bits per heavy atom. The Kier molecular flexibility index (Phi) is 3.48. The molecular weight excluding hydrogens is 326 g/mol. The van der Waals surface area contributed by atoms with Gasteiger partial charge in [0.1, 0.15) is 5.82 Å². The Morgan fingerprint density at radius 3 is 2.96 bits per heavy atom. The van der Waals surface area contributed by atoms with E-state index in [-0.39, 0.29) is 11.8 Å². The number of amides is 1. The quantitative estimate of drug-likeness (QED) is 0.606. The molecule has 1 aromatic carbocycles. The SMILES string of the molecule is O=C(c1cnn2ccccc12)N1CCCC(c2nc3ccccc3[nH]2)C1. The van der Waals surface area contributed by atoms with Gasteiger partial charge in [-0.2, -0.15) is 5.10 Å². The molecule has 0 saturated carbocycles. The number of hydrogen-bond donors (Lipinski definition) is 1. The van der Waals surface area contributed by atoms with Crippen molar-refractivity contribution in [3.63, 3.8) is 0 Å². The van der Waals surface area contributed by atoms with Crippen LogP contribution in [0.4, 0.5) is 0 Å². The molecule has 0 bridgehead atoms. The van der Waals surface area contributed by atoms with E-state index in [9.17, 15) is 4.79 Å². The van der Waals surface area contributed by atoms with Crippen molar-refractivity contribution in [3.8, 4) is 0 Å². The van der Waals surface area contributed by atoms with Crippen LogP contribution >= 0.6 is 0 Å². The summed E-state index contributed by atoms with van der Waals surface area (Å²) in [7, 11) is 0. The van der Waals surface area contributed by atoms with Crippen LogP contribution in [0, 0.1) is 0 Å². The van der Waals surface area contributed by atoms with Crippen LogP contribution in [-0.2, 0) is 0 Å². The van der Waals surface area contributed by atoms with Gasteiger partial charge in [-0.1, -0.05) is 18.2 Å². The molecule has 1 fully saturated rings. The van der Waals surface area contributed by atoms with Crippen molar-refractivity contribution in [2.45, 2.75) is 18.8 Å². The Balaban J connectivity index is 1.42. The zero-order valence-corrected chi connectivity index (χ0v) is 14.3. The van der Waals surface area contributed by atoms with Crippen molar-refractivity contribution in [1.29, 1.82) is 0 Å². The summed E-state index contributed by atoms with van der Waals surface area (Å²) < 4.78 is 1.74. The number of hydrogen-bond acceptors (Lipinski definition) is 3. The number of benzene rings is 1. The summed E-state index contributed by atoms with van der Waals surface area (Å²) in [4.78, 5) is 23.2. The molecular formula is C20H19N5O. The molecule has 1 aliphatic heterocycles. The van der Waals surface area contributed by atoms with Crippen LogP contribution in [0.3, 0.4) is 0 Å². The lowest BCUT2D eigenvalue weighted by molar-refractivity contribution is 0.0707. The summed E-state index contributed by atoms with van der Waals surface area (Å²) in [6.07, 6.45) is 5.55. The van der Waals surface area contributed by atoms with Gasteiger partial charge in [-0.05, 0) is 37.1 Å². The molecule has 1 saturated heterocycles. The Labute approximate surface area is 150 Å². The molecule has 1 aliphatic rings. The summed E-state index contributed by atoms with van der Waals surface area (Å²) in [5.41, 5.74) is 3.54. The number of nitrogens with one attached hydrogen (secondary N) is 1. The molecule has 4 heterocycles. The van der Waals surface area contributed by atoms with Crippen LogP contribution in [0.25, 0.3) is 16.6 Å². The molecule has 5 rings (SSSR count). The molecule has 130 valence electrons. The van der Waals surface area contributed by atoms with Crippen LogP contribution in [0.5, 0.6) is 0 Å². The third-order valence-electron chi connectivity index (χ3n) is 5.16. The molecule has 1 atom stereocenters. The molecule has 6 heteroatoms. The molecule has 0 spiro atoms. The van der Waals surface area contributed by atoms with Gasteiger partial charge in [0, 0.05) is 25.2 Å². The summed E-state index contributed by atoms with van der Waals surface area (Å²) in [5.74, 6) is 1.26. The number of aromatic amines is 1. The number of likely N-dealkylation sites (tertiary alicyclic amines) is 1. The van der Waals surface area contributed by atoms with Gasteiger partial charge in [0.05, 0.1) is 28.3 Å². The highest BCUT2D eigenvalue weighted by Crippen LogP contribution is 2.28. The summed E-state index contributed by atoms with van der Waals surface area (Å²) in [6.45, 7) is 1.46. The number of rotatable bonds is 2. The first-order valence-electron chi connectivity index (χ1n) is 8.96. The zero-order valence-electron chi connectivity index (χ0n) is 14.3. The van der Waals surface area contributed by atoms with Gasteiger partial charge in [-0.25, -0.2) is 9.50 Å². The van der Waals surface area contributed by atoms with E-state index in [1.54, 1.807) is 10.7 Å². The molecule has 1 N–H and O–H groups in total. The molecule has 0 aliphatic carbocycles. The van der Waals surface area contributed by atoms with E-state index in [0.29, 0.717) is 12.1 Å². The average Bonchev–Trinajstić information content (AvgIpc) is 3.32. The van der Waals surface area contributed by atoms with E-state index in [1.807, 2.05) is 53.6 Å². The fraction of sp³-hybridized carbons (Fsp3) is 0.250. The van der Waals surface area contributed by atoms with Crippen molar-refractivity contribution < 1.29 is 4.79 Å². The van der Waals surface area contributed by atoms with Crippen LogP contribution < -0.4 is 0 Å². The van der Waals surface area contributed by atoms with E-state index < -0.39 is 0 Å². The summed E-state index contributed by atoms with van der Waals surface area (Å²) in [6, 6.07) is 13.8. The number of H-pyrrole nitrogens is 1. The third-order valence-corrected chi connectivity index (χ3v) is 5.16. The average molecular weight is 345 g/mol. The maximum Gasteiger partial charge on any atom is 0.257 e. The third kappa shape index (κ3) is 2.45. The molecule has 1 amide bonds. The second-order valence-corrected chi connectivity index (χ2v) is 6.82. The number of nitrogens with zero attached hydrogens (tertiary/aromatic N) is 4. The Bertz CT molecular complexity index is 1060. The van der Waals surface area contributed by atoms with Crippen molar-refractivity contribution in [2.75, 3.05) is 13.1 Å². The van der Waals surface area contributed by atoms with E-state index in [4.69, 9.17) is 4.98 Å². The first-order chi connectivity index (χ1) is 12.8. The second kappa shape index (κ2) is 5.98. The highest BCUT2D eigenvalue weighted by Gasteiger charge is 2.28. The molecule has 4 aromatic rings. The fourth-order valence-corrected chi connectivity index (χ4v) is 3.82. The number of imidazole rings is 1. The molecule has 6 nitrogen and oxygen atoms in total. The molecule has 26 heavy (non-hydrogen) atoms. The van der Waals surface area contributed by atoms with Crippen molar-refractivity contribution in [1.82, 2.24) is 24.5 Å². The van der Waals surface area contributed by atoms with Crippen LogP contribution in [0.15, 0.2) is 54.9 Å². The maximum absolute atomic E-state index is 13.1. The second-order valence-electron chi connectivity index (χ2n) is 6.82. The summed E-state index contributed by atoms with van der Waals surface area (Å²) in [5, 5.41) is 4.29. The minimum absolute atomic E-state index is 0.0482. The zero-order chi connectivity index (χ0) is 17.5. The smallest absolute Gasteiger partial charge is 0.257 e. The van der Waals surface area contributed by atoms with Crippen molar-refractivity contribution in [2.24, 2.45) is 0 Å². The predicted molar refractivity (Wildman–Crippen MR) is 99.2 cm³/mol. The van der Waals surface area contributed by atoms with Gasteiger partial charge in [-0.3, -0.25) is 4.79 Å². The Morgan fingerprint density at radius 1 is 1.15 bits per heavy atom. The van der Waals surface area contributed by atoms with Crippen molar-refractivity contribution >= 4 is 22.5 Å². The lowest BCUT2D eigenvalue weighted by Gasteiger charge is -2.31. The number of fused-ring (bicyclic) bond motifs is 2. The normalized spacial score (nSPS) is 17.8. The highest BCUT2D eigenvalue weighted by molar-refractivity contribution is 6.00. The van der Waals surface area contributed by atoms with E-state index in [0.717, 1.165) is 41.8 Å². The van der Waals surface area contributed by atoms with Crippen LogP contribution in [-0.4, -0.2) is 43.5 Å². The van der Waals surface area contributed by atoms with Gasteiger partial charge >= 0.3 is 0 Å². The lowest BCUT2D eigenvalue weighted by Crippen LogP contribution is -2.39. The Hall–Kier alpha value is -3.15. The number of aromatic nitrogens is 4. The maximum atomic E-state index is 13.1. The topological polar surface area (TPSA) is 66.3 Å². The molecule has 0 radical (unpaired) electrons. The molecule has 1 unspecified atom stereocenters. The largest absolute Gasteiger partial charge is 0.342 e. The fourth-order valence-electron chi connectivity index (χ4n) is 3.82. The predicted octanol–water partition coefficient (Wildman–Crippen LogP) is 3.23. The highest BCUT2D eigenvalue weighted by atomic mass is 16.2. The van der Waals surface area contributed by atoms with Crippen LogP contribution in [0.2, 0.25) is 0 Å². The summed E-state index contributed by atoms with van der Waals surface area (Å²) >= 11 is 0. The number of pyridine rings is 1. The first kappa shape index (κ1) is 15.1. The van der Waals surface area contributed by atoms with Crippen molar-refractivity contribution in [3.05, 3.63) is 66.2 Å². The lowest BCUT2D eigenvalue weighted by atomic mass is 9.97. The van der Waals surface area contributed by atoms with Gasteiger partial charge in [0.25, 0.3) is 5.91 Å². The van der Waals surface area contributed by atoms with E-state index in [1.165, 1.54) is 0 Å². The minimum Gasteiger partial charge on any atom is -0.342 e.